The fourth-order valence-electron chi connectivity index (χ4n) is 2.27. The minimum absolute atomic E-state index is 0. The highest BCUT2D eigenvalue weighted by molar-refractivity contribution is 5.95. The number of halogens is 1. The molecule has 17 heavy (non-hydrogen) atoms. The van der Waals surface area contributed by atoms with E-state index >= 15 is 0 Å². The standard InChI is InChI=1S/C12H18N2O2.ClH/c1-9-11(5-7-16-9)12(15)14-6-3-2-4-10(14)8-13;/h5,7,10H,2-4,6,8,13H2,1H3;1H. The van der Waals surface area contributed by atoms with Gasteiger partial charge in [0, 0.05) is 19.1 Å². The third-order valence-electron chi connectivity index (χ3n) is 3.25. The zero-order valence-electron chi connectivity index (χ0n) is 10.0. The fraction of sp³-hybridized carbons (Fsp3) is 0.583. The lowest BCUT2D eigenvalue weighted by Crippen LogP contribution is -2.47. The van der Waals surface area contributed by atoms with Crippen molar-refractivity contribution in [1.29, 1.82) is 0 Å². The number of carbonyl (C=O) groups excluding carboxylic acids is 1. The lowest BCUT2D eigenvalue weighted by atomic mass is 10.0. The molecule has 1 aromatic heterocycles. The van der Waals surface area contributed by atoms with Crippen molar-refractivity contribution in [3.05, 3.63) is 23.7 Å². The largest absolute Gasteiger partial charge is 0.469 e. The molecule has 1 aromatic rings. The highest BCUT2D eigenvalue weighted by atomic mass is 35.5. The van der Waals surface area contributed by atoms with Gasteiger partial charge in [-0.25, -0.2) is 0 Å². The van der Waals surface area contributed by atoms with Crippen LogP contribution in [0.25, 0.3) is 0 Å². The maximum absolute atomic E-state index is 12.3. The first-order chi connectivity index (χ1) is 7.74. The Bertz CT molecular complexity index is 378. The normalized spacial score (nSPS) is 19.9. The van der Waals surface area contributed by atoms with Crippen LogP contribution in [0.5, 0.6) is 0 Å². The van der Waals surface area contributed by atoms with Crippen LogP contribution in [-0.2, 0) is 0 Å². The number of hydrogen-bond acceptors (Lipinski definition) is 3. The number of hydrogen-bond donors (Lipinski definition) is 1. The summed E-state index contributed by atoms with van der Waals surface area (Å²) in [4.78, 5) is 14.2. The van der Waals surface area contributed by atoms with Gasteiger partial charge in [-0.2, -0.15) is 0 Å². The Morgan fingerprint density at radius 2 is 2.35 bits per heavy atom. The third kappa shape index (κ3) is 2.82. The monoisotopic (exact) mass is 258 g/mol. The molecule has 0 bridgehead atoms. The minimum Gasteiger partial charge on any atom is -0.469 e. The molecule has 1 aliphatic rings. The van der Waals surface area contributed by atoms with E-state index in [1.165, 1.54) is 0 Å². The number of nitrogens with two attached hydrogens (primary N) is 1. The molecule has 2 rings (SSSR count). The van der Waals surface area contributed by atoms with Gasteiger partial charge in [0.25, 0.3) is 5.91 Å². The highest BCUT2D eigenvalue weighted by Crippen LogP contribution is 2.20. The molecule has 0 aromatic carbocycles. The Labute approximate surface area is 108 Å². The molecule has 1 amide bonds. The second kappa shape index (κ2) is 6.07. The molecule has 2 N–H and O–H groups in total. The predicted octanol–water partition coefficient (Wildman–Crippen LogP) is 1.96. The zero-order chi connectivity index (χ0) is 11.5. The molecule has 1 atom stereocenters. The lowest BCUT2D eigenvalue weighted by molar-refractivity contribution is 0.0621. The van der Waals surface area contributed by atoms with Crippen LogP contribution in [0.1, 0.15) is 35.4 Å². The molecule has 5 heteroatoms. The molecule has 0 spiro atoms. The second-order valence-electron chi connectivity index (χ2n) is 4.27. The minimum atomic E-state index is 0. The number of amides is 1. The molecule has 96 valence electrons. The van der Waals surface area contributed by atoms with E-state index in [-0.39, 0.29) is 24.4 Å². The Balaban J connectivity index is 0.00000144. The van der Waals surface area contributed by atoms with E-state index in [2.05, 4.69) is 0 Å². The Morgan fingerprint density at radius 3 is 2.94 bits per heavy atom. The van der Waals surface area contributed by atoms with Crippen LogP contribution in [0.4, 0.5) is 0 Å². The first kappa shape index (κ1) is 14.1. The summed E-state index contributed by atoms with van der Waals surface area (Å²) in [5.41, 5.74) is 6.37. The van der Waals surface area contributed by atoms with Crippen molar-refractivity contribution in [1.82, 2.24) is 4.90 Å². The van der Waals surface area contributed by atoms with Crippen molar-refractivity contribution < 1.29 is 9.21 Å². The van der Waals surface area contributed by atoms with Crippen LogP contribution in [-0.4, -0.2) is 29.9 Å². The SMILES string of the molecule is Cc1occc1C(=O)N1CCCCC1CN.Cl. The molecule has 0 radical (unpaired) electrons. The van der Waals surface area contributed by atoms with Gasteiger partial charge in [-0.15, -0.1) is 12.4 Å². The summed E-state index contributed by atoms with van der Waals surface area (Å²) in [5, 5.41) is 0. The number of furan rings is 1. The van der Waals surface area contributed by atoms with E-state index in [1.54, 1.807) is 12.3 Å². The molecule has 1 aliphatic heterocycles. The van der Waals surface area contributed by atoms with Crippen LogP contribution < -0.4 is 5.73 Å². The molecule has 0 aliphatic carbocycles. The summed E-state index contributed by atoms with van der Waals surface area (Å²) in [6, 6.07) is 1.93. The van der Waals surface area contributed by atoms with Crippen LogP contribution >= 0.6 is 12.4 Å². The molecular formula is C12H19ClN2O2. The maximum Gasteiger partial charge on any atom is 0.257 e. The van der Waals surface area contributed by atoms with Gasteiger partial charge in [0.05, 0.1) is 11.8 Å². The van der Waals surface area contributed by atoms with Gasteiger partial charge >= 0.3 is 0 Å². The maximum atomic E-state index is 12.3. The van der Waals surface area contributed by atoms with Crippen LogP contribution in [0, 0.1) is 6.92 Å². The van der Waals surface area contributed by atoms with E-state index in [0.717, 1.165) is 25.8 Å². The number of piperidine rings is 1. The summed E-state index contributed by atoms with van der Waals surface area (Å²) >= 11 is 0. The van der Waals surface area contributed by atoms with Crippen LogP contribution in [0.3, 0.4) is 0 Å². The average molecular weight is 259 g/mol. The average Bonchev–Trinajstić information content (AvgIpc) is 2.74. The molecule has 1 unspecified atom stereocenters. The molecule has 0 saturated carbocycles. The second-order valence-corrected chi connectivity index (χ2v) is 4.27. The van der Waals surface area contributed by atoms with Gasteiger partial charge in [0.2, 0.25) is 0 Å². The number of likely N-dealkylation sites (tertiary alicyclic amines) is 1. The molecule has 4 nitrogen and oxygen atoms in total. The molecule has 1 saturated heterocycles. The summed E-state index contributed by atoms with van der Waals surface area (Å²) in [5.74, 6) is 0.743. The zero-order valence-corrected chi connectivity index (χ0v) is 10.8. The number of rotatable bonds is 2. The van der Waals surface area contributed by atoms with Crippen molar-refractivity contribution >= 4 is 18.3 Å². The van der Waals surface area contributed by atoms with Gasteiger partial charge in [0.1, 0.15) is 5.76 Å². The van der Waals surface area contributed by atoms with Gasteiger partial charge < -0.3 is 15.1 Å². The van der Waals surface area contributed by atoms with E-state index in [1.807, 2.05) is 11.8 Å². The quantitative estimate of drug-likeness (QED) is 0.882. The lowest BCUT2D eigenvalue weighted by Gasteiger charge is -2.34. The Morgan fingerprint density at radius 1 is 1.59 bits per heavy atom. The van der Waals surface area contributed by atoms with Crippen molar-refractivity contribution in [3.8, 4) is 0 Å². The van der Waals surface area contributed by atoms with Crippen molar-refractivity contribution in [3.63, 3.8) is 0 Å². The van der Waals surface area contributed by atoms with Gasteiger partial charge in [-0.1, -0.05) is 0 Å². The van der Waals surface area contributed by atoms with E-state index in [4.69, 9.17) is 10.2 Å². The fourth-order valence-corrected chi connectivity index (χ4v) is 2.27. The van der Waals surface area contributed by atoms with E-state index < -0.39 is 0 Å². The van der Waals surface area contributed by atoms with E-state index in [9.17, 15) is 4.79 Å². The Hall–Kier alpha value is -1.00. The highest BCUT2D eigenvalue weighted by Gasteiger charge is 2.27. The summed E-state index contributed by atoms with van der Waals surface area (Å²) < 4.78 is 5.17. The van der Waals surface area contributed by atoms with Gasteiger partial charge in [-0.05, 0) is 32.3 Å². The molecule has 1 fully saturated rings. The molecule has 2 heterocycles. The first-order valence-electron chi connectivity index (χ1n) is 5.79. The smallest absolute Gasteiger partial charge is 0.257 e. The van der Waals surface area contributed by atoms with Crippen LogP contribution in [0.2, 0.25) is 0 Å². The van der Waals surface area contributed by atoms with Crippen molar-refractivity contribution in [2.24, 2.45) is 5.73 Å². The van der Waals surface area contributed by atoms with Crippen molar-refractivity contribution in [2.45, 2.75) is 32.2 Å². The Kier molecular flexibility index (Phi) is 5.02. The summed E-state index contributed by atoms with van der Waals surface area (Å²) in [6.07, 6.45) is 4.80. The number of nitrogens with zero attached hydrogens (tertiary/aromatic N) is 1. The van der Waals surface area contributed by atoms with Crippen molar-refractivity contribution in [2.75, 3.05) is 13.1 Å². The van der Waals surface area contributed by atoms with Gasteiger partial charge in [-0.3, -0.25) is 4.79 Å². The third-order valence-corrected chi connectivity index (χ3v) is 3.25. The van der Waals surface area contributed by atoms with E-state index in [0.29, 0.717) is 17.9 Å². The summed E-state index contributed by atoms with van der Waals surface area (Å²) in [7, 11) is 0. The van der Waals surface area contributed by atoms with Gasteiger partial charge in [0.15, 0.2) is 0 Å². The topological polar surface area (TPSA) is 59.5 Å². The first-order valence-corrected chi connectivity index (χ1v) is 5.79. The number of aryl methyl sites for hydroxylation is 1. The van der Waals surface area contributed by atoms with Crippen LogP contribution in [0.15, 0.2) is 16.7 Å². The predicted molar refractivity (Wildman–Crippen MR) is 68.4 cm³/mol. The summed E-state index contributed by atoms with van der Waals surface area (Å²) in [6.45, 7) is 3.17. The number of carbonyl (C=O) groups is 1. The molecular weight excluding hydrogens is 240 g/mol.